The van der Waals surface area contributed by atoms with Crippen molar-refractivity contribution in [3.63, 3.8) is 0 Å². The van der Waals surface area contributed by atoms with Crippen LogP contribution in [-0.4, -0.2) is 33.6 Å². The van der Waals surface area contributed by atoms with Crippen LogP contribution in [0.1, 0.15) is 48.8 Å². The van der Waals surface area contributed by atoms with Crippen molar-refractivity contribution in [1.82, 2.24) is 15.3 Å². The van der Waals surface area contributed by atoms with E-state index in [9.17, 15) is 9.90 Å². The van der Waals surface area contributed by atoms with Crippen molar-refractivity contribution in [1.29, 1.82) is 0 Å². The Morgan fingerprint density at radius 1 is 1.53 bits per heavy atom. The van der Waals surface area contributed by atoms with Crippen LogP contribution in [0.15, 0.2) is 12.4 Å². The van der Waals surface area contributed by atoms with E-state index >= 15 is 0 Å². The van der Waals surface area contributed by atoms with Crippen molar-refractivity contribution >= 4 is 5.91 Å². The molecule has 1 saturated carbocycles. The smallest absolute Gasteiger partial charge is 0.270 e. The van der Waals surface area contributed by atoms with Crippen LogP contribution in [0.25, 0.3) is 0 Å². The maximum absolute atomic E-state index is 12.0. The predicted octanol–water partition coefficient (Wildman–Crippen LogP) is 1.46. The number of aliphatic hydroxyl groups is 1. The predicted molar refractivity (Wildman–Crippen MR) is 71.7 cm³/mol. The van der Waals surface area contributed by atoms with Gasteiger partial charge in [-0.3, -0.25) is 4.79 Å². The highest BCUT2D eigenvalue weighted by Crippen LogP contribution is 2.35. The molecule has 1 aromatic heterocycles. The maximum Gasteiger partial charge on any atom is 0.270 e. The van der Waals surface area contributed by atoms with Crippen molar-refractivity contribution < 1.29 is 9.90 Å². The fourth-order valence-electron chi connectivity index (χ4n) is 2.54. The number of carbonyl (C=O) groups is 1. The number of carbonyl (C=O) groups excluding carboxylic acids is 1. The van der Waals surface area contributed by atoms with Crippen molar-refractivity contribution in [3.05, 3.63) is 23.8 Å². The molecule has 0 saturated heterocycles. The fraction of sp³-hybridized carbons (Fsp3) is 0.643. The lowest BCUT2D eigenvalue weighted by Crippen LogP contribution is -2.45. The molecule has 0 radical (unpaired) electrons. The minimum atomic E-state index is -0.339. The second kappa shape index (κ2) is 5.65. The summed E-state index contributed by atoms with van der Waals surface area (Å²) < 4.78 is 0. The summed E-state index contributed by atoms with van der Waals surface area (Å²) in [6.07, 6.45) is 4.98. The summed E-state index contributed by atoms with van der Waals surface area (Å²) in [6.45, 7) is 4.34. The lowest BCUT2D eigenvalue weighted by molar-refractivity contribution is 0.00187. The van der Waals surface area contributed by atoms with Gasteiger partial charge in [0.2, 0.25) is 0 Å². The third kappa shape index (κ3) is 3.29. The Kier molecular flexibility index (Phi) is 4.14. The summed E-state index contributed by atoms with van der Waals surface area (Å²) in [4.78, 5) is 19.9. The second-order valence-corrected chi connectivity index (χ2v) is 5.64. The first-order valence-electron chi connectivity index (χ1n) is 6.76. The first-order valence-corrected chi connectivity index (χ1v) is 6.76. The summed E-state index contributed by atoms with van der Waals surface area (Å²) in [5.74, 6) is -0.204. The van der Waals surface area contributed by atoms with E-state index in [-0.39, 0.29) is 17.4 Å². The number of amides is 1. The zero-order chi connectivity index (χ0) is 13.9. The van der Waals surface area contributed by atoms with E-state index in [2.05, 4.69) is 15.3 Å². The zero-order valence-corrected chi connectivity index (χ0v) is 11.5. The van der Waals surface area contributed by atoms with Gasteiger partial charge < -0.3 is 10.4 Å². The minimum absolute atomic E-state index is 0.204. The Labute approximate surface area is 113 Å². The van der Waals surface area contributed by atoms with E-state index in [1.165, 1.54) is 6.33 Å². The van der Waals surface area contributed by atoms with Crippen LogP contribution in [0, 0.1) is 12.3 Å². The second-order valence-electron chi connectivity index (χ2n) is 5.64. The van der Waals surface area contributed by atoms with Gasteiger partial charge in [-0.1, -0.05) is 19.8 Å². The average molecular weight is 263 g/mol. The van der Waals surface area contributed by atoms with Crippen LogP contribution in [0.4, 0.5) is 0 Å². The van der Waals surface area contributed by atoms with Gasteiger partial charge in [0, 0.05) is 17.7 Å². The Hall–Kier alpha value is -1.49. The highest BCUT2D eigenvalue weighted by Gasteiger charge is 2.35. The first kappa shape index (κ1) is 13.9. The molecule has 1 heterocycles. The Morgan fingerprint density at radius 2 is 2.32 bits per heavy atom. The number of nitrogens with zero attached hydrogens (tertiary/aromatic N) is 2. The Morgan fingerprint density at radius 3 is 3.00 bits per heavy atom. The molecule has 0 aromatic carbocycles. The Bertz CT molecular complexity index is 464. The zero-order valence-electron chi connectivity index (χ0n) is 11.5. The molecule has 0 aliphatic heterocycles. The summed E-state index contributed by atoms with van der Waals surface area (Å²) >= 11 is 0. The highest BCUT2D eigenvalue weighted by atomic mass is 16.3. The normalized spacial score (nSPS) is 27.0. The Balaban J connectivity index is 1.96. The molecule has 1 aromatic rings. The van der Waals surface area contributed by atoms with Gasteiger partial charge in [0.05, 0.1) is 6.10 Å². The number of aryl methyl sites for hydroxylation is 1. The van der Waals surface area contributed by atoms with Gasteiger partial charge in [-0.2, -0.15) is 0 Å². The van der Waals surface area contributed by atoms with Crippen LogP contribution in [0.3, 0.4) is 0 Å². The molecule has 1 aliphatic carbocycles. The van der Waals surface area contributed by atoms with Gasteiger partial charge in [0.1, 0.15) is 12.0 Å². The van der Waals surface area contributed by atoms with Gasteiger partial charge in [0.25, 0.3) is 5.91 Å². The number of aliphatic hydroxyl groups excluding tert-OH is 1. The van der Waals surface area contributed by atoms with Gasteiger partial charge in [-0.15, -0.1) is 0 Å². The fourth-order valence-corrected chi connectivity index (χ4v) is 2.54. The number of aromatic nitrogens is 2. The van der Waals surface area contributed by atoms with E-state index in [0.29, 0.717) is 12.2 Å². The minimum Gasteiger partial charge on any atom is -0.392 e. The van der Waals surface area contributed by atoms with Crippen LogP contribution >= 0.6 is 0 Å². The highest BCUT2D eigenvalue weighted by molar-refractivity contribution is 5.92. The van der Waals surface area contributed by atoms with E-state index < -0.39 is 0 Å². The van der Waals surface area contributed by atoms with E-state index in [4.69, 9.17) is 0 Å². The van der Waals surface area contributed by atoms with Crippen molar-refractivity contribution in [3.8, 4) is 0 Å². The summed E-state index contributed by atoms with van der Waals surface area (Å²) in [5, 5.41) is 13.0. The molecule has 1 fully saturated rings. The topological polar surface area (TPSA) is 75.1 Å². The third-order valence-corrected chi connectivity index (χ3v) is 3.97. The molecule has 2 unspecified atom stereocenters. The third-order valence-electron chi connectivity index (χ3n) is 3.97. The van der Waals surface area contributed by atoms with Gasteiger partial charge >= 0.3 is 0 Å². The summed E-state index contributed by atoms with van der Waals surface area (Å²) in [7, 11) is 0. The van der Waals surface area contributed by atoms with E-state index in [0.717, 1.165) is 31.4 Å². The standard InChI is InChI=1S/C14H21N3O2/c1-10-7-11(17-9-16-10)13(19)15-8-14(2)6-4-3-5-12(14)18/h7,9,12,18H,3-6,8H2,1-2H3,(H,15,19). The quantitative estimate of drug-likeness (QED) is 0.865. The molecular formula is C14H21N3O2. The number of rotatable bonds is 3. The monoisotopic (exact) mass is 263 g/mol. The van der Waals surface area contributed by atoms with Crippen LogP contribution in [-0.2, 0) is 0 Å². The molecular weight excluding hydrogens is 242 g/mol. The van der Waals surface area contributed by atoms with Crippen molar-refractivity contribution in [2.45, 2.75) is 45.6 Å². The molecule has 104 valence electrons. The van der Waals surface area contributed by atoms with Crippen molar-refractivity contribution in [2.75, 3.05) is 6.54 Å². The summed E-state index contributed by atoms with van der Waals surface area (Å²) in [5.41, 5.74) is 0.918. The SMILES string of the molecule is Cc1cc(C(=O)NCC2(C)CCCCC2O)ncn1. The van der Waals surface area contributed by atoms with E-state index in [1.54, 1.807) is 6.07 Å². The molecule has 5 heteroatoms. The molecule has 1 amide bonds. The van der Waals surface area contributed by atoms with Crippen LogP contribution < -0.4 is 5.32 Å². The van der Waals surface area contributed by atoms with Crippen LogP contribution in [0.5, 0.6) is 0 Å². The molecule has 19 heavy (non-hydrogen) atoms. The number of hydrogen-bond acceptors (Lipinski definition) is 4. The lowest BCUT2D eigenvalue weighted by Gasteiger charge is -2.38. The van der Waals surface area contributed by atoms with Gasteiger partial charge in [0.15, 0.2) is 0 Å². The lowest BCUT2D eigenvalue weighted by atomic mass is 9.73. The summed E-state index contributed by atoms with van der Waals surface area (Å²) in [6, 6.07) is 1.66. The van der Waals surface area contributed by atoms with Crippen molar-refractivity contribution in [2.24, 2.45) is 5.41 Å². The molecule has 1 aliphatic rings. The van der Waals surface area contributed by atoms with Gasteiger partial charge in [-0.05, 0) is 25.8 Å². The largest absolute Gasteiger partial charge is 0.392 e. The average Bonchev–Trinajstić information content (AvgIpc) is 2.40. The number of hydrogen-bond donors (Lipinski definition) is 2. The molecule has 2 rings (SSSR count). The van der Waals surface area contributed by atoms with E-state index in [1.807, 2.05) is 13.8 Å². The molecule has 2 N–H and O–H groups in total. The maximum atomic E-state index is 12.0. The number of nitrogens with one attached hydrogen (secondary N) is 1. The molecule has 0 spiro atoms. The molecule has 0 bridgehead atoms. The molecule has 5 nitrogen and oxygen atoms in total. The van der Waals surface area contributed by atoms with Crippen LogP contribution in [0.2, 0.25) is 0 Å². The molecule has 2 atom stereocenters. The van der Waals surface area contributed by atoms with Gasteiger partial charge in [-0.25, -0.2) is 9.97 Å². The first-order chi connectivity index (χ1) is 9.01.